The third-order valence-corrected chi connectivity index (χ3v) is 16.4. The number of unbranched alkanes of at least 4 members (excludes halogenated alkanes) is 39. The number of rotatable bonds is 73. The van der Waals surface area contributed by atoms with Gasteiger partial charge in [0.25, 0.3) is 0 Å². The van der Waals surface area contributed by atoms with Crippen LogP contribution in [0.25, 0.3) is 0 Å². The monoisotopic (exact) mass is 1380 g/mol. The van der Waals surface area contributed by atoms with Crippen molar-refractivity contribution in [3.63, 3.8) is 0 Å². The van der Waals surface area contributed by atoms with E-state index in [1.165, 1.54) is 212 Å². The molecular weight excluding hydrogens is 1240 g/mol. The highest BCUT2D eigenvalue weighted by Gasteiger charge is 2.27. The normalized spacial score (nSPS) is 11.9. The number of carbonyl (C=O) groups excluding carboxylic acids is 7. The molecule has 0 aliphatic rings. The molecule has 0 aromatic rings. The van der Waals surface area contributed by atoms with Gasteiger partial charge < -0.3 is 48.7 Å². The van der Waals surface area contributed by atoms with E-state index in [1.807, 2.05) is 0 Å². The first kappa shape index (κ1) is 90.8. The second-order valence-electron chi connectivity index (χ2n) is 25.4. The van der Waals surface area contributed by atoms with E-state index in [-0.39, 0.29) is 84.8 Å². The molecule has 0 aliphatic heterocycles. The lowest BCUT2D eigenvalue weighted by Gasteiger charge is -2.21. The molecule has 26 nitrogen and oxygen atoms in total. The van der Waals surface area contributed by atoms with E-state index in [0.717, 1.165) is 57.8 Å². The number of carbonyl (C=O) groups is 7. The quantitative estimate of drug-likeness (QED) is 0.0117. The van der Waals surface area contributed by atoms with Crippen LogP contribution in [0.15, 0.2) is 20.3 Å². The van der Waals surface area contributed by atoms with Crippen molar-refractivity contribution >= 4 is 66.0 Å². The molecule has 0 spiro atoms. The average molecular weight is 1380 g/mol. The third-order valence-electron chi connectivity index (χ3n) is 16.4. The van der Waals surface area contributed by atoms with Gasteiger partial charge in [0.1, 0.15) is 12.1 Å². The molecule has 7 amide bonds. The highest BCUT2D eigenvalue weighted by molar-refractivity contribution is 5.92. The summed E-state index contributed by atoms with van der Waals surface area (Å²) >= 11 is 0. The zero-order chi connectivity index (χ0) is 70.8. The molecule has 0 unspecified atom stereocenters. The van der Waals surface area contributed by atoms with Gasteiger partial charge in [0.05, 0.1) is 0 Å². The van der Waals surface area contributed by atoms with Crippen molar-refractivity contribution in [1.82, 2.24) is 54.0 Å². The molecule has 97 heavy (non-hydrogen) atoms. The van der Waals surface area contributed by atoms with Gasteiger partial charge in [0.15, 0.2) is 25.8 Å². The van der Waals surface area contributed by atoms with Crippen molar-refractivity contribution in [2.24, 2.45) is 31.8 Å². The van der Waals surface area contributed by atoms with Crippen molar-refractivity contribution in [2.75, 3.05) is 59.1 Å². The largest absolute Gasteiger partial charge is 0.370 e. The minimum atomic E-state index is -1.30. The summed E-state index contributed by atoms with van der Waals surface area (Å²) in [5, 5.41) is 30.5. The summed E-state index contributed by atoms with van der Waals surface area (Å²) in [5.41, 5.74) is 18.6. The second kappa shape index (κ2) is 72.6. The predicted molar refractivity (Wildman–Crippen MR) is 392 cm³/mol. The Bertz CT molecular complexity index is 2040. The molecule has 0 aliphatic carbocycles. The van der Waals surface area contributed by atoms with Gasteiger partial charge >= 0.3 is 0 Å². The number of hydrogen-bond acceptors (Lipinski definition) is 17. The van der Waals surface area contributed by atoms with Crippen LogP contribution in [0.4, 0.5) is 0 Å². The molecule has 2 atom stereocenters. The Morgan fingerprint density at radius 2 is 0.588 bits per heavy atom. The minimum Gasteiger partial charge on any atom is -0.370 e. The highest BCUT2D eigenvalue weighted by atomic mass is 16.7. The smallest absolute Gasteiger partial charge is 0.248 e. The molecule has 0 rings (SSSR count). The van der Waals surface area contributed by atoms with Crippen molar-refractivity contribution in [3.05, 3.63) is 0 Å². The number of hydrogen-bond donors (Lipinski definition) is 12. The van der Waals surface area contributed by atoms with Crippen molar-refractivity contribution < 1.29 is 48.1 Å². The minimum absolute atomic E-state index is 0.00602. The van der Waals surface area contributed by atoms with E-state index in [2.05, 4.69) is 95.1 Å². The van der Waals surface area contributed by atoms with Crippen LogP contribution < -0.4 is 65.5 Å². The first-order chi connectivity index (χ1) is 47.4. The number of nitrogens with two attached hydrogens (primary N) is 2. The second-order valence-corrected chi connectivity index (χ2v) is 25.4. The lowest BCUT2D eigenvalue weighted by molar-refractivity contribution is -0.131. The van der Waals surface area contributed by atoms with Crippen molar-refractivity contribution in [1.29, 1.82) is 0 Å². The lowest BCUT2D eigenvalue weighted by atomic mass is 10.0. The van der Waals surface area contributed by atoms with Crippen LogP contribution in [0.3, 0.4) is 0 Å². The zero-order valence-electron chi connectivity index (χ0n) is 60.8. The van der Waals surface area contributed by atoms with Crippen LogP contribution in [-0.4, -0.2) is 137 Å². The maximum Gasteiger partial charge on any atom is 0.248 e. The topological polar surface area (TPSA) is 369 Å². The van der Waals surface area contributed by atoms with Crippen LogP contribution in [-0.2, 0) is 48.1 Å². The summed E-state index contributed by atoms with van der Waals surface area (Å²) in [6, 6.07) is -2.59. The van der Waals surface area contributed by atoms with E-state index < -0.39 is 59.4 Å². The Labute approximate surface area is 584 Å². The lowest BCUT2D eigenvalue weighted by Crippen LogP contribution is -2.51. The number of aliphatic imine (C=N–C) groups is 1. The fourth-order valence-electron chi connectivity index (χ4n) is 10.6. The van der Waals surface area contributed by atoms with E-state index in [4.69, 9.17) is 26.0 Å². The van der Waals surface area contributed by atoms with Gasteiger partial charge in [-0.25, -0.2) is 19.5 Å². The summed E-state index contributed by atoms with van der Waals surface area (Å²) in [6.45, 7) is 6.07. The Hall–Kier alpha value is -6.15. The molecule has 0 aromatic heterocycles. The zero-order valence-corrected chi connectivity index (χ0v) is 60.8. The Kier molecular flexibility index (Phi) is 68.0. The molecule has 0 aromatic carbocycles. The Balaban J connectivity index is 4.94. The van der Waals surface area contributed by atoms with Gasteiger partial charge in [-0.05, 0) is 51.4 Å². The molecule has 14 N–H and O–H groups in total. The van der Waals surface area contributed by atoms with E-state index in [0.29, 0.717) is 0 Å². The fraction of sp³-hybridized carbons (Fsp3) is 0.845. The summed E-state index contributed by atoms with van der Waals surface area (Å²) in [7, 11) is 0. The van der Waals surface area contributed by atoms with Gasteiger partial charge in [-0.3, -0.25) is 33.6 Å². The van der Waals surface area contributed by atoms with Crippen molar-refractivity contribution in [2.45, 2.75) is 328 Å². The molecule has 562 valence electrons. The van der Waals surface area contributed by atoms with Gasteiger partial charge in [-0.1, -0.05) is 252 Å². The van der Waals surface area contributed by atoms with Gasteiger partial charge in [-0.15, -0.1) is 0 Å². The Morgan fingerprint density at radius 1 is 0.330 bits per heavy atom. The van der Waals surface area contributed by atoms with Crippen LogP contribution in [0.5, 0.6) is 0 Å². The molecule has 0 radical (unpaired) electrons. The summed E-state index contributed by atoms with van der Waals surface area (Å²) in [4.78, 5) is 110. The van der Waals surface area contributed by atoms with Crippen LogP contribution in [0.2, 0.25) is 0 Å². The number of hydrazone groups is 3. The fourth-order valence-corrected chi connectivity index (χ4v) is 10.6. The summed E-state index contributed by atoms with van der Waals surface area (Å²) < 4.78 is 0. The summed E-state index contributed by atoms with van der Waals surface area (Å²) in [5.74, 6) is -4.18. The SMILES string of the molecule is CCCCCCCCCCCCCCC/C=N/NOCC(=O)NCCNC(=O)CC[C@H](N=C(N)N)C(=O)N[C@@H](CCC(=O)NCCNC(=O)CON/N=C/CCCCCCCCCCCCCCC)C(=O)NCCNC(=O)CON/N=C/CCCCCCCCCCCCCCC. The number of guanidine groups is 1. The maximum absolute atomic E-state index is 13.7. The Morgan fingerprint density at radius 3 is 0.876 bits per heavy atom. The number of nitrogens with zero attached hydrogens (tertiary/aromatic N) is 4. The highest BCUT2D eigenvalue weighted by Crippen LogP contribution is 2.16. The molecule has 26 heteroatoms. The standard InChI is InChI=1S/C71H138N16O10/c1-4-7-10-13-16-19-22-25-28-31-34-37-40-43-50-80-85-95-59-66(90)76-55-53-74-64(88)48-46-62(69(93)79-58-57-78-68(92)61-97-87-82-52-45-42-39-36-33-30-27-24-21-18-15-12-9-6-3)83-70(94)63(84-71(72)73)47-49-65(89)75-54-56-77-67(91)60-96-86-81-51-44-41-38-35-32-29-26-23-20-17-14-11-8-5-2/h50-52,62-63,85-87H,4-49,53-61H2,1-3H3,(H,74,88)(H,75,89)(H,76,90)(H,77,91)(H,78,92)(H,79,93)(H,83,94)(H4,72,73,84)/b80-50+,81-51+,82-52+/t62-,63-/m0/s1. The molecule has 0 bridgehead atoms. The average Bonchev–Trinajstić information content (AvgIpc) is 1.39. The molecule has 0 saturated carbocycles. The van der Waals surface area contributed by atoms with E-state index >= 15 is 0 Å². The van der Waals surface area contributed by atoms with Crippen LogP contribution >= 0.6 is 0 Å². The predicted octanol–water partition coefficient (Wildman–Crippen LogP) is 10.3. The van der Waals surface area contributed by atoms with Crippen LogP contribution in [0.1, 0.15) is 316 Å². The van der Waals surface area contributed by atoms with Gasteiger partial charge in [0.2, 0.25) is 41.4 Å². The molecule has 0 fully saturated rings. The third kappa shape index (κ3) is 68.2. The maximum atomic E-state index is 13.7. The number of amides is 7. The van der Waals surface area contributed by atoms with Gasteiger partial charge in [0, 0.05) is 70.8 Å². The van der Waals surface area contributed by atoms with E-state index in [9.17, 15) is 33.6 Å². The first-order valence-electron chi connectivity index (χ1n) is 38.1. The summed E-state index contributed by atoms with van der Waals surface area (Å²) in [6.07, 6.45) is 56.9. The molecule has 0 heterocycles. The van der Waals surface area contributed by atoms with Crippen LogP contribution in [0, 0.1) is 0 Å². The van der Waals surface area contributed by atoms with Gasteiger partial charge in [-0.2, -0.15) is 32.1 Å². The number of nitrogens with one attached hydrogen (secondary N) is 10. The van der Waals surface area contributed by atoms with E-state index in [1.54, 1.807) is 18.6 Å². The van der Waals surface area contributed by atoms with Crippen molar-refractivity contribution in [3.8, 4) is 0 Å². The molecular formula is C71H138N16O10. The molecule has 0 saturated heterocycles. The first-order valence-corrected chi connectivity index (χ1v) is 38.1.